The quantitative estimate of drug-likeness (QED) is 0.861. The lowest BCUT2D eigenvalue weighted by Crippen LogP contribution is -2.24. The molecule has 21 heavy (non-hydrogen) atoms. The maximum absolute atomic E-state index is 13.6. The van der Waals surface area contributed by atoms with Crippen molar-refractivity contribution in [3.63, 3.8) is 0 Å². The van der Waals surface area contributed by atoms with Crippen LogP contribution in [0.25, 0.3) is 0 Å². The van der Waals surface area contributed by atoms with E-state index in [1.165, 1.54) is 6.20 Å². The average Bonchev–Trinajstić information content (AvgIpc) is 2.82. The number of sulfonamides is 1. The van der Waals surface area contributed by atoms with Crippen molar-refractivity contribution in [1.82, 2.24) is 9.71 Å². The van der Waals surface area contributed by atoms with Crippen molar-refractivity contribution in [3.8, 4) is 0 Å². The second kappa shape index (κ2) is 5.62. The highest BCUT2D eigenvalue weighted by molar-refractivity contribution is 7.89. The molecular weight excluding hydrogens is 303 g/mol. The van der Waals surface area contributed by atoms with E-state index in [1.54, 1.807) is 6.92 Å². The van der Waals surface area contributed by atoms with E-state index in [9.17, 15) is 17.6 Å². The summed E-state index contributed by atoms with van der Waals surface area (Å²) in [4.78, 5) is 13.9. The van der Waals surface area contributed by atoms with Crippen molar-refractivity contribution in [1.29, 1.82) is 0 Å². The molecule has 1 aromatic carbocycles. The van der Waals surface area contributed by atoms with Gasteiger partial charge in [-0.1, -0.05) is 0 Å². The van der Waals surface area contributed by atoms with Gasteiger partial charge in [0.2, 0.25) is 15.9 Å². The Labute approximate surface area is 119 Å². The molecule has 7 nitrogen and oxygen atoms in total. The Morgan fingerprint density at radius 2 is 2.19 bits per heavy atom. The fourth-order valence-electron chi connectivity index (χ4n) is 1.56. The number of hydrogen-bond acceptors (Lipinski definition) is 5. The van der Waals surface area contributed by atoms with E-state index in [0.717, 1.165) is 18.2 Å². The van der Waals surface area contributed by atoms with E-state index < -0.39 is 26.7 Å². The van der Waals surface area contributed by atoms with Crippen molar-refractivity contribution < 1.29 is 27.1 Å². The molecule has 0 atom stereocenters. The lowest BCUT2D eigenvalue weighted by Gasteiger charge is -2.07. The third-order valence-electron chi connectivity index (χ3n) is 2.55. The summed E-state index contributed by atoms with van der Waals surface area (Å²) in [5, 5.41) is 8.81. The number of carboxylic acid groups (broad SMARTS) is 1. The second-order valence-corrected chi connectivity index (χ2v) is 5.87. The van der Waals surface area contributed by atoms with Gasteiger partial charge >= 0.3 is 5.97 Å². The first-order chi connectivity index (χ1) is 9.79. The van der Waals surface area contributed by atoms with Crippen LogP contribution in [0.4, 0.5) is 4.39 Å². The molecule has 0 spiro atoms. The molecule has 2 rings (SSSR count). The van der Waals surface area contributed by atoms with Crippen LogP contribution in [0.15, 0.2) is 33.7 Å². The van der Waals surface area contributed by atoms with Gasteiger partial charge in [0.25, 0.3) is 0 Å². The number of halogens is 1. The predicted octanol–water partition coefficient (Wildman–Crippen LogP) is 1.30. The van der Waals surface area contributed by atoms with Gasteiger partial charge in [-0.2, -0.15) is 0 Å². The molecule has 0 radical (unpaired) electrons. The number of rotatable bonds is 5. The van der Waals surface area contributed by atoms with Crippen LogP contribution in [0, 0.1) is 12.7 Å². The first-order valence-corrected chi connectivity index (χ1v) is 7.22. The minimum atomic E-state index is -4.22. The Balaban J connectivity index is 2.26. The normalized spacial score (nSPS) is 11.5. The number of aromatic nitrogens is 1. The van der Waals surface area contributed by atoms with Gasteiger partial charge in [-0.3, -0.25) is 0 Å². The topological polar surface area (TPSA) is 110 Å². The zero-order valence-electron chi connectivity index (χ0n) is 10.8. The summed E-state index contributed by atoms with van der Waals surface area (Å²) < 4.78 is 44.8. The van der Waals surface area contributed by atoms with E-state index in [2.05, 4.69) is 9.71 Å². The number of hydrogen-bond donors (Lipinski definition) is 2. The van der Waals surface area contributed by atoms with Gasteiger partial charge < -0.3 is 9.52 Å². The highest BCUT2D eigenvalue weighted by atomic mass is 32.2. The lowest BCUT2D eigenvalue weighted by atomic mass is 10.2. The first kappa shape index (κ1) is 15.1. The summed E-state index contributed by atoms with van der Waals surface area (Å²) >= 11 is 0. The number of aromatic carboxylic acids is 1. The zero-order chi connectivity index (χ0) is 15.6. The van der Waals surface area contributed by atoms with Crippen LogP contribution in [-0.2, 0) is 16.6 Å². The van der Waals surface area contributed by atoms with Gasteiger partial charge in [-0.25, -0.2) is 27.3 Å². The minimum Gasteiger partial charge on any atom is -0.478 e. The van der Waals surface area contributed by atoms with Crippen LogP contribution in [0.1, 0.15) is 22.0 Å². The zero-order valence-corrected chi connectivity index (χ0v) is 11.6. The largest absolute Gasteiger partial charge is 0.478 e. The van der Waals surface area contributed by atoms with E-state index in [1.807, 2.05) is 0 Å². The Kier molecular flexibility index (Phi) is 4.05. The number of benzene rings is 1. The molecule has 2 aromatic rings. The second-order valence-electron chi connectivity index (χ2n) is 4.14. The number of carboxylic acids is 1. The first-order valence-electron chi connectivity index (χ1n) is 5.73. The van der Waals surface area contributed by atoms with Gasteiger partial charge in [0, 0.05) is 0 Å². The lowest BCUT2D eigenvalue weighted by molar-refractivity contribution is 0.0696. The summed E-state index contributed by atoms with van der Waals surface area (Å²) in [6.45, 7) is 1.37. The summed E-state index contributed by atoms with van der Waals surface area (Å²) in [5.41, 5.74) is -0.330. The van der Waals surface area contributed by atoms with Crippen LogP contribution in [0.2, 0.25) is 0 Å². The standard InChI is InChI=1S/C12H11FN2O5S/c1-7-5-14-11(20-7)6-15-21(18,19)10-4-8(12(16)17)2-3-9(10)13/h2-5,15H,6H2,1H3,(H,16,17). The Morgan fingerprint density at radius 1 is 1.48 bits per heavy atom. The third kappa shape index (κ3) is 3.44. The highest BCUT2D eigenvalue weighted by Crippen LogP contribution is 2.17. The van der Waals surface area contributed by atoms with E-state index in [-0.39, 0.29) is 18.0 Å². The maximum Gasteiger partial charge on any atom is 0.335 e. The van der Waals surface area contributed by atoms with Crippen LogP contribution < -0.4 is 4.72 Å². The third-order valence-corrected chi connectivity index (χ3v) is 3.97. The van der Waals surface area contributed by atoms with Crippen molar-refractivity contribution in [2.75, 3.05) is 0 Å². The van der Waals surface area contributed by atoms with Gasteiger partial charge in [0.05, 0.1) is 18.3 Å². The van der Waals surface area contributed by atoms with Gasteiger partial charge in [-0.05, 0) is 25.1 Å². The van der Waals surface area contributed by atoms with Crippen LogP contribution in [0.5, 0.6) is 0 Å². The van der Waals surface area contributed by atoms with Gasteiger partial charge in [0.1, 0.15) is 16.5 Å². The molecule has 0 aliphatic carbocycles. The van der Waals surface area contributed by atoms with Crippen molar-refractivity contribution in [2.45, 2.75) is 18.4 Å². The molecule has 0 amide bonds. The molecule has 0 saturated carbocycles. The number of nitrogens with one attached hydrogen (secondary N) is 1. The summed E-state index contributed by atoms with van der Waals surface area (Å²) in [5.74, 6) is -1.78. The highest BCUT2D eigenvalue weighted by Gasteiger charge is 2.21. The summed E-state index contributed by atoms with van der Waals surface area (Å²) in [6.07, 6.45) is 1.41. The Bertz CT molecular complexity index is 785. The minimum absolute atomic E-state index is 0.117. The molecule has 1 aromatic heterocycles. The van der Waals surface area contributed by atoms with Crippen molar-refractivity contribution >= 4 is 16.0 Å². The van der Waals surface area contributed by atoms with Crippen LogP contribution >= 0.6 is 0 Å². The van der Waals surface area contributed by atoms with E-state index in [4.69, 9.17) is 9.52 Å². The summed E-state index contributed by atoms with van der Waals surface area (Å²) in [7, 11) is -4.22. The smallest absolute Gasteiger partial charge is 0.335 e. The van der Waals surface area contributed by atoms with E-state index >= 15 is 0 Å². The number of carbonyl (C=O) groups is 1. The fraction of sp³-hybridized carbons (Fsp3) is 0.167. The van der Waals surface area contributed by atoms with Gasteiger partial charge in [0.15, 0.2) is 0 Å². The molecule has 112 valence electrons. The van der Waals surface area contributed by atoms with E-state index in [0.29, 0.717) is 5.76 Å². The molecule has 2 N–H and O–H groups in total. The van der Waals surface area contributed by atoms with Crippen LogP contribution in [0.3, 0.4) is 0 Å². The monoisotopic (exact) mass is 314 g/mol. The molecule has 1 heterocycles. The number of aryl methyl sites for hydroxylation is 1. The molecule has 0 bridgehead atoms. The van der Waals surface area contributed by atoms with Crippen LogP contribution in [-0.4, -0.2) is 24.5 Å². The molecule has 0 unspecified atom stereocenters. The molecular formula is C12H11FN2O5S. The molecule has 0 fully saturated rings. The predicted molar refractivity (Wildman–Crippen MR) is 68.6 cm³/mol. The number of nitrogens with zero attached hydrogens (tertiary/aromatic N) is 1. The van der Waals surface area contributed by atoms with Crippen molar-refractivity contribution in [3.05, 3.63) is 47.4 Å². The van der Waals surface area contributed by atoms with Crippen molar-refractivity contribution in [2.24, 2.45) is 0 Å². The fourth-order valence-corrected chi connectivity index (χ4v) is 2.64. The molecule has 0 aliphatic heterocycles. The molecule has 9 heteroatoms. The van der Waals surface area contributed by atoms with Gasteiger partial charge in [-0.15, -0.1) is 0 Å². The molecule has 0 saturated heterocycles. The maximum atomic E-state index is 13.6. The summed E-state index contributed by atoms with van der Waals surface area (Å²) in [6, 6.07) is 2.52. The SMILES string of the molecule is Cc1cnc(CNS(=O)(=O)c2cc(C(=O)O)ccc2F)o1. The Morgan fingerprint density at radius 3 is 2.76 bits per heavy atom. The number of oxazole rings is 1. The Hall–Kier alpha value is -2.26. The molecule has 0 aliphatic rings. The average molecular weight is 314 g/mol.